The average molecular weight is 439 g/mol. The molecule has 2 aromatic rings. The highest BCUT2D eigenvalue weighted by atomic mass is 35.5. The minimum Gasteiger partial charge on any atom is -0.293 e. The van der Waals surface area contributed by atoms with Gasteiger partial charge in [0.25, 0.3) is 0 Å². The van der Waals surface area contributed by atoms with Gasteiger partial charge in [-0.15, -0.1) is 0 Å². The van der Waals surface area contributed by atoms with Crippen molar-refractivity contribution in [3.63, 3.8) is 0 Å². The summed E-state index contributed by atoms with van der Waals surface area (Å²) < 4.78 is 62.6. The van der Waals surface area contributed by atoms with Gasteiger partial charge in [0.15, 0.2) is 5.78 Å². The Morgan fingerprint density at radius 3 is 2.33 bits per heavy atom. The van der Waals surface area contributed by atoms with Gasteiger partial charge in [-0.3, -0.25) is 9.52 Å². The molecule has 0 aliphatic rings. The molecule has 2 rings (SSSR count). The van der Waals surface area contributed by atoms with E-state index in [1.165, 1.54) is 24.3 Å². The summed E-state index contributed by atoms with van der Waals surface area (Å²) in [6, 6.07) is 6.55. The average Bonchev–Trinajstić information content (AvgIpc) is 2.54. The molecule has 0 unspecified atom stereocenters. The Bertz CT molecular complexity index is 948. The second-order valence-electron chi connectivity index (χ2n) is 5.58. The molecule has 1 aromatic heterocycles. The van der Waals surface area contributed by atoms with E-state index in [1.54, 1.807) is 6.92 Å². The number of thioether (sulfide) groups is 1. The first-order chi connectivity index (χ1) is 12.4. The predicted octanol–water partition coefficient (Wildman–Crippen LogP) is 4.49. The Hall–Kier alpha value is -1.78. The number of hydrogen-bond donors (Lipinski definition) is 1. The van der Waals surface area contributed by atoms with Crippen LogP contribution in [0.2, 0.25) is 5.02 Å². The fraction of sp³-hybridized carbons (Fsp3) is 0.250. The van der Waals surface area contributed by atoms with Crippen LogP contribution in [0.4, 0.5) is 18.9 Å². The maximum Gasteiger partial charge on any atom is 0.417 e. The Morgan fingerprint density at radius 2 is 1.85 bits per heavy atom. The Kier molecular flexibility index (Phi) is 6.43. The number of aromatic nitrogens is 1. The van der Waals surface area contributed by atoms with Crippen LogP contribution in [-0.2, 0) is 16.2 Å². The van der Waals surface area contributed by atoms with Crippen LogP contribution in [0.15, 0.2) is 41.6 Å². The van der Waals surface area contributed by atoms with Crippen molar-refractivity contribution >= 4 is 44.9 Å². The summed E-state index contributed by atoms with van der Waals surface area (Å²) in [5.41, 5.74) is -0.344. The van der Waals surface area contributed by atoms with Gasteiger partial charge in [-0.2, -0.15) is 13.2 Å². The Morgan fingerprint density at radius 1 is 1.26 bits per heavy atom. The summed E-state index contributed by atoms with van der Waals surface area (Å²) in [7, 11) is -3.43. The van der Waals surface area contributed by atoms with Crippen LogP contribution in [0.25, 0.3) is 0 Å². The monoisotopic (exact) mass is 438 g/mol. The molecule has 1 N–H and O–H groups in total. The van der Waals surface area contributed by atoms with E-state index < -0.39 is 27.0 Å². The van der Waals surface area contributed by atoms with Gasteiger partial charge in [0.2, 0.25) is 10.0 Å². The van der Waals surface area contributed by atoms with E-state index in [2.05, 4.69) is 9.71 Å². The summed E-state index contributed by atoms with van der Waals surface area (Å²) >= 11 is 6.79. The standard InChI is InChI=1S/C16H14ClF3N2O3S2/c1-9(26-15-13(17)7-11(8-21-15)16(18,19)20)14(23)10-3-5-12(6-4-10)22-27(2,24)25/h3-9,22H,1-2H3/t9-/m0/s1. The zero-order chi connectivity index (χ0) is 20.4. The van der Waals surface area contributed by atoms with Crippen LogP contribution in [0, 0.1) is 0 Å². The molecule has 27 heavy (non-hydrogen) atoms. The van der Waals surface area contributed by atoms with E-state index in [-0.39, 0.29) is 15.8 Å². The fourth-order valence-corrected chi connectivity index (χ4v) is 3.77. The van der Waals surface area contributed by atoms with Crippen molar-refractivity contribution in [3.05, 3.63) is 52.7 Å². The van der Waals surface area contributed by atoms with Gasteiger partial charge in [-0.05, 0) is 37.3 Å². The highest BCUT2D eigenvalue weighted by Crippen LogP contribution is 2.35. The second kappa shape index (κ2) is 8.07. The molecule has 0 amide bonds. The fourth-order valence-electron chi connectivity index (χ4n) is 2.04. The number of ketones is 1. The number of carbonyl (C=O) groups excluding carboxylic acids is 1. The molecule has 0 fully saturated rings. The molecular weight excluding hydrogens is 425 g/mol. The summed E-state index contributed by atoms with van der Waals surface area (Å²) in [6.07, 6.45) is -2.88. The zero-order valence-corrected chi connectivity index (χ0v) is 16.4. The highest BCUT2D eigenvalue weighted by molar-refractivity contribution is 8.00. The van der Waals surface area contributed by atoms with Gasteiger partial charge < -0.3 is 0 Å². The number of nitrogens with zero attached hydrogens (tertiary/aromatic N) is 1. The number of hydrogen-bond acceptors (Lipinski definition) is 5. The zero-order valence-electron chi connectivity index (χ0n) is 14.0. The first-order valence-electron chi connectivity index (χ1n) is 7.38. The molecule has 0 radical (unpaired) electrons. The Balaban J connectivity index is 2.12. The summed E-state index contributed by atoms with van der Waals surface area (Å²) in [4.78, 5) is 16.2. The first kappa shape index (κ1) is 21.5. The van der Waals surface area contributed by atoms with Gasteiger partial charge in [0.05, 0.1) is 22.1 Å². The third kappa shape index (κ3) is 6.12. The molecule has 146 valence electrons. The maximum atomic E-state index is 12.6. The maximum absolute atomic E-state index is 12.6. The molecule has 0 aliphatic heterocycles. The van der Waals surface area contributed by atoms with Gasteiger partial charge in [0, 0.05) is 17.4 Å². The number of sulfonamides is 1. The lowest BCUT2D eigenvalue weighted by atomic mass is 10.1. The third-order valence-electron chi connectivity index (χ3n) is 3.27. The molecule has 1 heterocycles. The predicted molar refractivity (Wildman–Crippen MR) is 98.8 cm³/mol. The van der Waals surface area contributed by atoms with Crippen molar-refractivity contribution < 1.29 is 26.4 Å². The number of alkyl halides is 3. The molecule has 11 heteroatoms. The smallest absolute Gasteiger partial charge is 0.293 e. The van der Waals surface area contributed by atoms with E-state index in [4.69, 9.17) is 11.6 Å². The minimum absolute atomic E-state index is 0.112. The van der Waals surface area contributed by atoms with Crippen LogP contribution >= 0.6 is 23.4 Å². The molecule has 0 saturated heterocycles. The molecule has 0 bridgehead atoms. The van der Waals surface area contributed by atoms with Gasteiger partial charge in [-0.1, -0.05) is 23.4 Å². The normalized spacial score (nSPS) is 13.3. The van der Waals surface area contributed by atoms with E-state index >= 15 is 0 Å². The molecular formula is C16H14ClF3N2O3S2. The molecule has 5 nitrogen and oxygen atoms in total. The lowest BCUT2D eigenvalue weighted by Crippen LogP contribution is -2.14. The van der Waals surface area contributed by atoms with Crippen molar-refractivity contribution in [2.45, 2.75) is 23.4 Å². The quantitative estimate of drug-likeness (QED) is 0.531. The van der Waals surface area contributed by atoms with Gasteiger partial charge in [0.1, 0.15) is 5.03 Å². The van der Waals surface area contributed by atoms with E-state index in [0.717, 1.165) is 24.1 Å². The molecule has 1 atom stereocenters. The van der Waals surface area contributed by atoms with Gasteiger partial charge in [-0.25, -0.2) is 13.4 Å². The molecule has 1 aromatic carbocycles. The van der Waals surface area contributed by atoms with E-state index in [9.17, 15) is 26.4 Å². The number of pyridine rings is 1. The van der Waals surface area contributed by atoms with Crippen LogP contribution < -0.4 is 4.72 Å². The number of benzene rings is 1. The first-order valence-corrected chi connectivity index (χ1v) is 10.5. The van der Waals surface area contributed by atoms with Crippen molar-refractivity contribution in [1.29, 1.82) is 0 Å². The van der Waals surface area contributed by atoms with Crippen LogP contribution in [0.3, 0.4) is 0 Å². The molecule has 0 spiro atoms. The Labute approximate surface area is 163 Å². The summed E-state index contributed by atoms with van der Waals surface area (Å²) in [5.74, 6) is -0.302. The lowest BCUT2D eigenvalue weighted by molar-refractivity contribution is -0.137. The van der Waals surface area contributed by atoms with Crippen molar-refractivity contribution in [2.75, 3.05) is 11.0 Å². The third-order valence-corrected chi connectivity index (χ3v) is 5.39. The molecule has 0 saturated carbocycles. The molecule has 0 aliphatic carbocycles. The number of nitrogens with one attached hydrogen (secondary N) is 1. The van der Waals surface area contributed by atoms with Crippen LogP contribution in [0.5, 0.6) is 0 Å². The number of halogens is 4. The minimum atomic E-state index is -4.55. The van der Waals surface area contributed by atoms with Crippen molar-refractivity contribution in [1.82, 2.24) is 4.98 Å². The largest absolute Gasteiger partial charge is 0.417 e. The number of rotatable bonds is 6. The van der Waals surface area contributed by atoms with E-state index in [1.807, 2.05) is 0 Å². The second-order valence-corrected chi connectivity index (χ2v) is 9.07. The van der Waals surface area contributed by atoms with Crippen molar-refractivity contribution in [3.8, 4) is 0 Å². The van der Waals surface area contributed by atoms with Crippen molar-refractivity contribution in [2.24, 2.45) is 0 Å². The summed E-state index contributed by atoms with van der Waals surface area (Å²) in [6.45, 7) is 1.57. The lowest BCUT2D eigenvalue weighted by Gasteiger charge is -2.13. The number of Topliss-reactive ketones (excluding diaryl/α,β-unsaturated/α-hetero) is 1. The number of anilines is 1. The van der Waals surface area contributed by atoms with Gasteiger partial charge >= 0.3 is 6.18 Å². The van der Waals surface area contributed by atoms with Crippen LogP contribution in [0.1, 0.15) is 22.8 Å². The highest BCUT2D eigenvalue weighted by Gasteiger charge is 2.32. The topological polar surface area (TPSA) is 76.1 Å². The van der Waals surface area contributed by atoms with Crippen LogP contribution in [-0.4, -0.2) is 30.7 Å². The van der Waals surface area contributed by atoms with E-state index in [0.29, 0.717) is 17.4 Å². The number of carbonyl (C=O) groups is 1. The SMILES string of the molecule is C[C@H](Sc1ncc(C(F)(F)F)cc1Cl)C(=O)c1ccc(NS(C)(=O)=O)cc1. The summed E-state index contributed by atoms with van der Waals surface area (Å²) in [5, 5.41) is -0.747.